The minimum Gasteiger partial charge on any atom is -0.325 e. The molecule has 9 heteroatoms. The largest absolute Gasteiger partial charge is 0.325 e. The third-order valence-electron chi connectivity index (χ3n) is 3.29. The molecule has 3 heterocycles. The molecule has 25 heavy (non-hydrogen) atoms. The summed E-state index contributed by atoms with van der Waals surface area (Å²) in [7, 11) is 0. The maximum atomic E-state index is 12.9. The van der Waals surface area contributed by atoms with Crippen molar-refractivity contribution in [1.82, 2.24) is 20.8 Å². The van der Waals surface area contributed by atoms with Crippen molar-refractivity contribution in [3.63, 3.8) is 0 Å². The van der Waals surface area contributed by atoms with Crippen LogP contribution in [0.5, 0.6) is 0 Å². The second-order valence-electron chi connectivity index (χ2n) is 5.24. The second kappa shape index (κ2) is 7.47. The number of hydrazine groups is 1. The van der Waals surface area contributed by atoms with Crippen LogP contribution < -0.4 is 16.2 Å². The Morgan fingerprint density at radius 1 is 1.04 bits per heavy atom. The van der Waals surface area contributed by atoms with Crippen LogP contribution in [0.3, 0.4) is 0 Å². The van der Waals surface area contributed by atoms with E-state index in [4.69, 9.17) is 0 Å². The molecule has 0 aliphatic carbocycles. The Hall–Kier alpha value is -3.36. The highest BCUT2D eigenvalue weighted by atomic mass is 19.1. The number of amidine groups is 2. The van der Waals surface area contributed by atoms with E-state index >= 15 is 0 Å². The van der Waals surface area contributed by atoms with Gasteiger partial charge in [0.25, 0.3) is 0 Å². The molecule has 0 saturated carbocycles. The molecule has 2 aromatic rings. The van der Waals surface area contributed by atoms with E-state index in [-0.39, 0.29) is 5.91 Å². The highest BCUT2D eigenvalue weighted by Crippen LogP contribution is 2.09. The summed E-state index contributed by atoms with van der Waals surface area (Å²) in [6.07, 6.45) is 3.90. The smallest absolute Gasteiger partial charge is 0.224 e. The first-order valence-electron chi connectivity index (χ1n) is 7.71. The lowest BCUT2D eigenvalue weighted by atomic mass is 10.3. The fraction of sp³-hybridized carbons (Fsp3) is 0.188. The molecule has 2 aromatic heterocycles. The molecule has 1 aliphatic heterocycles. The van der Waals surface area contributed by atoms with Crippen LogP contribution in [0.2, 0.25) is 0 Å². The highest BCUT2D eigenvalue weighted by Gasteiger charge is 2.14. The SMILES string of the molecule is CCCC(=O)Nc1ccc(C2=NN=C(c3ccc(F)cn3)NN2)nc1. The number of nitrogens with zero attached hydrogens (tertiary/aromatic N) is 4. The van der Waals surface area contributed by atoms with Gasteiger partial charge in [-0.05, 0) is 30.7 Å². The van der Waals surface area contributed by atoms with Gasteiger partial charge >= 0.3 is 0 Å². The van der Waals surface area contributed by atoms with Gasteiger partial charge in [0.2, 0.25) is 5.91 Å². The molecule has 0 radical (unpaired) electrons. The second-order valence-corrected chi connectivity index (χ2v) is 5.24. The van der Waals surface area contributed by atoms with Crippen LogP contribution >= 0.6 is 0 Å². The van der Waals surface area contributed by atoms with Crippen LogP contribution in [0, 0.1) is 5.82 Å². The van der Waals surface area contributed by atoms with Gasteiger partial charge in [-0.3, -0.25) is 20.6 Å². The number of carbonyl (C=O) groups is 1. The first-order chi connectivity index (χ1) is 12.2. The molecule has 1 aliphatic rings. The summed E-state index contributed by atoms with van der Waals surface area (Å²) in [6.45, 7) is 1.94. The number of amides is 1. The van der Waals surface area contributed by atoms with E-state index in [1.54, 1.807) is 18.3 Å². The average Bonchev–Trinajstić information content (AvgIpc) is 2.63. The summed E-state index contributed by atoms with van der Waals surface area (Å²) in [5.74, 6) is 0.310. The van der Waals surface area contributed by atoms with Crippen LogP contribution in [0.25, 0.3) is 0 Å². The molecule has 128 valence electrons. The van der Waals surface area contributed by atoms with Gasteiger partial charge in [0.15, 0.2) is 11.7 Å². The number of carbonyl (C=O) groups excluding carboxylic acids is 1. The normalized spacial score (nSPS) is 13.2. The Balaban J connectivity index is 1.70. The Bertz CT molecular complexity index is 815. The quantitative estimate of drug-likeness (QED) is 0.766. The molecule has 0 aromatic carbocycles. The van der Waals surface area contributed by atoms with Gasteiger partial charge in [-0.1, -0.05) is 6.92 Å². The van der Waals surface area contributed by atoms with Gasteiger partial charge in [0, 0.05) is 6.42 Å². The van der Waals surface area contributed by atoms with Crippen LogP contribution in [-0.4, -0.2) is 27.5 Å². The fourth-order valence-corrected chi connectivity index (χ4v) is 2.07. The molecule has 1 amide bonds. The highest BCUT2D eigenvalue weighted by molar-refractivity contribution is 6.04. The van der Waals surface area contributed by atoms with Crippen molar-refractivity contribution < 1.29 is 9.18 Å². The fourth-order valence-electron chi connectivity index (χ4n) is 2.07. The van der Waals surface area contributed by atoms with Crippen molar-refractivity contribution in [2.24, 2.45) is 10.2 Å². The lowest BCUT2D eigenvalue weighted by Gasteiger charge is -2.16. The molecule has 0 saturated heterocycles. The van der Waals surface area contributed by atoms with E-state index in [1.807, 2.05) is 6.92 Å². The Morgan fingerprint density at radius 2 is 1.68 bits per heavy atom. The van der Waals surface area contributed by atoms with Crippen molar-refractivity contribution >= 4 is 23.3 Å². The zero-order chi connectivity index (χ0) is 17.6. The Morgan fingerprint density at radius 3 is 2.16 bits per heavy atom. The lowest BCUT2D eigenvalue weighted by Crippen LogP contribution is -2.45. The molecule has 0 bridgehead atoms. The molecule has 3 rings (SSSR count). The van der Waals surface area contributed by atoms with Crippen LogP contribution in [0.15, 0.2) is 46.9 Å². The molecule has 0 spiro atoms. The van der Waals surface area contributed by atoms with Crippen LogP contribution in [0.4, 0.5) is 10.1 Å². The van der Waals surface area contributed by atoms with Gasteiger partial charge in [0.05, 0.1) is 18.1 Å². The average molecular weight is 341 g/mol. The zero-order valence-corrected chi connectivity index (χ0v) is 13.5. The van der Waals surface area contributed by atoms with Gasteiger partial charge in [-0.25, -0.2) is 9.37 Å². The third-order valence-corrected chi connectivity index (χ3v) is 3.29. The summed E-state index contributed by atoms with van der Waals surface area (Å²) >= 11 is 0. The number of pyridine rings is 2. The summed E-state index contributed by atoms with van der Waals surface area (Å²) in [6, 6.07) is 6.24. The maximum absolute atomic E-state index is 12.9. The van der Waals surface area contributed by atoms with Crippen molar-refractivity contribution in [1.29, 1.82) is 0 Å². The van der Waals surface area contributed by atoms with Gasteiger partial charge < -0.3 is 5.32 Å². The number of rotatable bonds is 5. The summed E-state index contributed by atoms with van der Waals surface area (Å²) in [5, 5.41) is 10.8. The van der Waals surface area contributed by atoms with E-state index in [2.05, 4.69) is 36.3 Å². The van der Waals surface area contributed by atoms with E-state index < -0.39 is 5.82 Å². The van der Waals surface area contributed by atoms with Gasteiger partial charge in [-0.2, -0.15) is 0 Å². The van der Waals surface area contributed by atoms with Crippen molar-refractivity contribution in [3.8, 4) is 0 Å². The topological polar surface area (TPSA) is 104 Å². The summed E-state index contributed by atoms with van der Waals surface area (Å²) in [5.41, 5.74) is 7.33. The first kappa shape index (κ1) is 16.5. The number of halogens is 1. The molecular weight excluding hydrogens is 325 g/mol. The number of hydrogen-bond acceptors (Lipinski definition) is 7. The predicted octanol–water partition coefficient (Wildman–Crippen LogP) is 1.57. The van der Waals surface area contributed by atoms with Gasteiger partial charge in [0.1, 0.15) is 17.2 Å². The monoisotopic (exact) mass is 341 g/mol. The van der Waals surface area contributed by atoms with Crippen molar-refractivity contribution in [2.45, 2.75) is 19.8 Å². The third kappa shape index (κ3) is 4.14. The van der Waals surface area contributed by atoms with Crippen molar-refractivity contribution in [2.75, 3.05) is 5.32 Å². The molecule has 0 unspecified atom stereocenters. The number of hydrogen-bond donors (Lipinski definition) is 3. The number of aromatic nitrogens is 2. The minimum absolute atomic E-state index is 0.0483. The van der Waals surface area contributed by atoms with E-state index in [0.717, 1.165) is 12.6 Å². The lowest BCUT2D eigenvalue weighted by molar-refractivity contribution is -0.116. The van der Waals surface area contributed by atoms with Crippen LogP contribution in [0.1, 0.15) is 31.2 Å². The van der Waals surface area contributed by atoms with Gasteiger partial charge in [-0.15, -0.1) is 10.2 Å². The summed E-state index contributed by atoms with van der Waals surface area (Å²) < 4.78 is 12.9. The predicted molar refractivity (Wildman–Crippen MR) is 91.3 cm³/mol. The Labute approximate surface area is 143 Å². The standard InChI is InChI=1S/C16H16FN7O/c1-2-3-14(25)20-11-5-7-13(19-9-11)16-23-21-15(22-24-16)12-6-4-10(17)8-18-12/h4-9H,2-3H2,1H3,(H,20,25)(H,21,22)(H,23,24). The maximum Gasteiger partial charge on any atom is 0.224 e. The molecule has 8 nitrogen and oxygen atoms in total. The zero-order valence-electron chi connectivity index (χ0n) is 13.5. The first-order valence-corrected chi connectivity index (χ1v) is 7.71. The Kier molecular flexibility index (Phi) is 4.93. The van der Waals surface area contributed by atoms with E-state index in [1.165, 1.54) is 12.1 Å². The minimum atomic E-state index is -0.423. The van der Waals surface area contributed by atoms with Crippen molar-refractivity contribution in [3.05, 3.63) is 53.9 Å². The molecule has 0 fully saturated rings. The van der Waals surface area contributed by atoms with Crippen LogP contribution in [-0.2, 0) is 4.79 Å². The van der Waals surface area contributed by atoms with E-state index in [9.17, 15) is 9.18 Å². The molecular formula is C16H16FN7O. The number of anilines is 1. The summed E-state index contributed by atoms with van der Waals surface area (Å²) in [4.78, 5) is 19.7. The molecule has 0 atom stereocenters. The molecule has 3 N–H and O–H groups in total. The van der Waals surface area contributed by atoms with E-state index in [0.29, 0.717) is 35.2 Å². The number of nitrogens with one attached hydrogen (secondary N) is 3.